The van der Waals surface area contributed by atoms with E-state index in [0.29, 0.717) is 34.9 Å². The maximum atomic E-state index is 14.2. The van der Waals surface area contributed by atoms with Gasteiger partial charge in [0.2, 0.25) is 0 Å². The molecule has 7 nitrogen and oxygen atoms in total. The van der Waals surface area contributed by atoms with Crippen molar-refractivity contribution < 1.29 is 4.39 Å². The van der Waals surface area contributed by atoms with E-state index in [0.717, 1.165) is 17.4 Å². The molecule has 9 heteroatoms. The highest BCUT2D eigenvalue weighted by atomic mass is 32.1. The predicted molar refractivity (Wildman–Crippen MR) is 89.3 cm³/mol. The van der Waals surface area contributed by atoms with Gasteiger partial charge in [0.25, 0.3) is 0 Å². The Morgan fingerprint density at radius 1 is 1.21 bits per heavy atom. The average Bonchev–Trinajstić information content (AvgIpc) is 3.21. The minimum Gasteiger partial charge on any atom is -0.370 e. The fourth-order valence-corrected chi connectivity index (χ4v) is 3.08. The molecule has 24 heavy (non-hydrogen) atoms. The van der Waals surface area contributed by atoms with E-state index in [2.05, 4.69) is 29.2 Å². The minimum absolute atomic E-state index is 0.298. The van der Waals surface area contributed by atoms with E-state index in [1.165, 1.54) is 6.07 Å². The smallest absolute Gasteiger partial charge is 0.171 e. The normalized spacial score (nSPS) is 11.1. The first-order valence-electron chi connectivity index (χ1n) is 7.20. The molecular formula is C15H12FN7S. The molecular weight excluding hydrogens is 329 g/mol. The van der Waals surface area contributed by atoms with E-state index >= 15 is 0 Å². The number of nitrogens with zero attached hydrogens (tertiary/aromatic N) is 6. The van der Waals surface area contributed by atoms with Gasteiger partial charge in [-0.3, -0.25) is 0 Å². The van der Waals surface area contributed by atoms with Crippen LogP contribution in [0, 0.1) is 5.82 Å². The quantitative estimate of drug-likeness (QED) is 0.614. The number of nitrogens with one attached hydrogen (secondary N) is 1. The third-order valence-corrected chi connectivity index (χ3v) is 4.14. The number of hydrogen-bond donors (Lipinski definition) is 1. The molecule has 0 saturated heterocycles. The number of hydrogen-bond acceptors (Lipinski definition) is 7. The number of fused-ring (bicyclic) bond motifs is 1. The summed E-state index contributed by atoms with van der Waals surface area (Å²) < 4.78 is 24.6. The minimum atomic E-state index is -0.374. The lowest BCUT2D eigenvalue weighted by atomic mass is 10.3. The molecule has 0 unspecified atom stereocenters. The lowest BCUT2D eigenvalue weighted by Crippen LogP contribution is -2.05. The molecule has 1 N–H and O–H groups in total. The molecule has 0 fully saturated rings. The van der Waals surface area contributed by atoms with Gasteiger partial charge in [-0.15, -0.1) is 0 Å². The number of benzene rings is 1. The molecule has 4 aromatic rings. The van der Waals surface area contributed by atoms with Gasteiger partial charge in [-0.1, -0.05) is 6.07 Å². The molecule has 1 aromatic carbocycles. The van der Waals surface area contributed by atoms with Crippen LogP contribution >= 0.6 is 11.7 Å². The van der Waals surface area contributed by atoms with E-state index in [-0.39, 0.29) is 5.82 Å². The fraction of sp³-hybridized carbons (Fsp3) is 0.133. The maximum Gasteiger partial charge on any atom is 0.171 e. The Morgan fingerprint density at radius 3 is 2.92 bits per heavy atom. The molecule has 0 atom stereocenters. The van der Waals surface area contributed by atoms with Crippen LogP contribution in [-0.2, 0) is 6.54 Å². The van der Waals surface area contributed by atoms with Gasteiger partial charge in [0.15, 0.2) is 23.2 Å². The van der Waals surface area contributed by atoms with Crippen LogP contribution < -0.4 is 5.32 Å². The lowest BCUT2D eigenvalue weighted by molar-refractivity contribution is 0.637. The van der Waals surface area contributed by atoms with E-state index in [1.807, 2.05) is 22.8 Å². The molecule has 0 spiro atoms. The standard InChI is InChI=1S/C15H12FN7S/c1-17-14-13(21-24-22-14)15-19-12-10(16)5-2-6-11(12)23(15)8-9-4-3-7-18-20-9/h2-7H,8H2,1H3,(H,17,22). The lowest BCUT2D eigenvalue weighted by Gasteiger charge is -2.07. The van der Waals surface area contributed by atoms with Crippen LogP contribution in [0.25, 0.3) is 22.6 Å². The summed E-state index contributed by atoms with van der Waals surface area (Å²) in [5.74, 6) is 0.774. The molecule has 0 amide bonds. The van der Waals surface area contributed by atoms with Crippen molar-refractivity contribution in [3.63, 3.8) is 0 Å². The fourth-order valence-electron chi connectivity index (χ4n) is 2.53. The van der Waals surface area contributed by atoms with Crippen LogP contribution in [0.5, 0.6) is 0 Å². The van der Waals surface area contributed by atoms with Crippen LogP contribution in [0.4, 0.5) is 10.2 Å². The van der Waals surface area contributed by atoms with Gasteiger partial charge in [0, 0.05) is 13.2 Å². The summed E-state index contributed by atoms with van der Waals surface area (Å²) in [5.41, 5.74) is 2.30. The van der Waals surface area contributed by atoms with Crippen molar-refractivity contribution in [3.8, 4) is 11.5 Å². The first kappa shape index (κ1) is 14.6. The molecule has 0 saturated carbocycles. The second-order valence-corrected chi connectivity index (χ2v) is 5.58. The molecule has 3 aromatic heterocycles. The highest BCUT2D eigenvalue weighted by Crippen LogP contribution is 2.30. The van der Waals surface area contributed by atoms with Crippen LogP contribution in [-0.4, -0.2) is 35.5 Å². The molecule has 0 radical (unpaired) electrons. The number of anilines is 1. The van der Waals surface area contributed by atoms with Crippen molar-refractivity contribution in [3.05, 3.63) is 48.0 Å². The Balaban J connectivity index is 1.95. The van der Waals surface area contributed by atoms with Crippen molar-refractivity contribution in [1.82, 2.24) is 28.5 Å². The van der Waals surface area contributed by atoms with Crippen molar-refractivity contribution in [2.75, 3.05) is 12.4 Å². The molecule has 120 valence electrons. The highest BCUT2D eigenvalue weighted by molar-refractivity contribution is 6.99. The molecule has 3 heterocycles. The Morgan fingerprint density at radius 2 is 2.12 bits per heavy atom. The Kier molecular flexibility index (Phi) is 3.62. The second-order valence-electron chi connectivity index (χ2n) is 5.06. The van der Waals surface area contributed by atoms with Crippen LogP contribution in [0.15, 0.2) is 36.5 Å². The van der Waals surface area contributed by atoms with Crippen LogP contribution in [0.1, 0.15) is 5.69 Å². The topological polar surface area (TPSA) is 81.4 Å². The van der Waals surface area contributed by atoms with Gasteiger partial charge >= 0.3 is 0 Å². The summed E-state index contributed by atoms with van der Waals surface area (Å²) >= 11 is 1.08. The molecule has 0 bridgehead atoms. The van der Waals surface area contributed by atoms with E-state index in [9.17, 15) is 4.39 Å². The van der Waals surface area contributed by atoms with E-state index in [4.69, 9.17) is 0 Å². The van der Waals surface area contributed by atoms with Crippen LogP contribution in [0.2, 0.25) is 0 Å². The SMILES string of the molecule is CNc1nsnc1-c1nc2c(F)cccc2n1Cc1cccnn1. The number of aromatic nitrogens is 6. The number of para-hydroxylation sites is 1. The first-order valence-corrected chi connectivity index (χ1v) is 7.93. The summed E-state index contributed by atoms with van der Waals surface area (Å²) in [7, 11) is 1.76. The summed E-state index contributed by atoms with van der Waals surface area (Å²) in [6.07, 6.45) is 1.61. The summed E-state index contributed by atoms with van der Waals surface area (Å²) in [6.45, 7) is 0.407. The predicted octanol–water partition coefficient (Wildman–Crippen LogP) is 2.57. The van der Waals surface area contributed by atoms with Crippen molar-refractivity contribution in [2.24, 2.45) is 0 Å². The van der Waals surface area contributed by atoms with Gasteiger partial charge in [0.05, 0.1) is 29.5 Å². The maximum absolute atomic E-state index is 14.2. The zero-order valence-electron chi connectivity index (χ0n) is 12.6. The van der Waals surface area contributed by atoms with Gasteiger partial charge in [-0.25, -0.2) is 9.37 Å². The highest BCUT2D eigenvalue weighted by Gasteiger charge is 2.20. The number of imidazole rings is 1. The monoisotopic (exact) mass is 341 g/mol. The average molecular weight is 341 g/mol. The largest absolute Gasteiger partial charge is 0.370 e. The Bertz CT molecular complexity index is 996. The summed E-state index contributed by atoms with van der Waals surface area (Å²) in [4.78, 5) is 4.46. The van der Waals surface area contributed by atoms with Crippen molar-refractivity contribution in [1.29, 1.82) is 0 Å². The van der Waals surface area contributed by atoms with Crippen LogP contribution in [0.3, 0.4) is 0 Å². The number of rotatable bonds is 4. The Labute approximate surface area is 140 Å². The van der Waals surface area contributed by atoms with Gasteiger partial charge in [-0.2, -0.15) is 18.9 Å². The Hall–Kier alpha value is -2.94. The van der Waals surface area contributed by atoms with Gasteiger partial charge in [0.1, 0.15) is 5.52 Å². The molecule has 0 aliphatic heterocycles. The zero-order valence-corrected chi connectivity index (χ0v) is 13.5. The zero-order chi connectivity index (χ0) is 16.5. The molecule has 4 rings (SSSR count). The number of halogens is 1. The van der Waals surface area contributed by atoms with Gasteiger partial charge in [-0.05, 0) is 24.3 Å². The second kappa shape index (κ2) is 5.93. The van der Waals surface area contributed by atoms with E-state index in [1.54, 1.807) is 19.3 Å². The third-order valence-electron chi connectivity index (χ3n) is 3.61. The van der Waals surface area contributed by atoms with Crippen molar-refractivity contribution in [2.45, 2.75) is 6.54 Å². The third kappa shape index (κ3) is 2.38. The summed E-state index contributed by atoms with van der Waals surface area (Å²) in [5, 5.41) is 11.0. The summed E-state index contributed by atoms with van der Waals surface area (Å²) in [6, 6.07) is 8.55. The first-order chi connectivity index (χ1) is 11.8. The van der Waals surface area contributed by atoms with E-state index < -0.39 is 0 Å². The van der Waals surface area contributed by atoms with Crippen molar-refractivity contribution >= 4 is 28.6 Å². The molecule has 0 aliphatic carbocycles. The van der Waals surface area contributed by atoms with Gasteiger partial charge < -0.3 is 9.88 Å². The molecule has 0 aliphatic rings.